The van der Waals surface area contributed by atoms with Crippen LogP contribution in [0.25, 0.3) is 0 Å². The number of aliphatic carboxylic acids is 1. The van der Waals surface area contributed by atoms with Crippen molar-refractivity contribution in [3.05, 3.63) is 58.1 Å². The molecule has 0 saturated heterocycles. The quantitative estimate of drug-likeness (QED) is 0.875. The van der Waals surface area contributed by atoms with Gasteiger partial charge in [0.05, 0.1) is 5.69 Å². The summed E-state index contributed by atoms with van der Waals surface area (Å²) < 4.78 is 0. The summed E-state index contributed by atoms with van der Waals surface area (Å²) in [6.45, 7) is 0.514. The maximum Gasteiger partial charge on any atom is 0.325 e. The van der Waals surface area contributed by atoms with Gasteiger partial charge in [0.15, 0.2) is 0 Å². The Hall–Kier alpha value is -1.69. The number of halogens is 2. The third-order valence-corrected chi connectivity index (χ3v) is 3.65. The fourth-order valence-corrected chi connectivity index (χ4v) is 2.74. The molecule has 22 heavy (non-hydrogen) atoms. The van der Waals surface area contributed by atoms with Crippen LogP contribution in [0.5, 0.6) is 0 Å². The predicted octanol–water partition coefficient (Wildman–Crippen LogP) is 3.08. The first kappa shape index (κ1) is 16.7. The lowest BCUT2D eigenvalue weighted by atomic mass is 10.1. The highest BCUT2D eigenvalue weighted by Gasteiger charge is 2.25. The van der Waals surface area contributed by atoms with E-state index in [0.29, 0.717) is 28.6 Å². The third-order valence-electron chi connectivity index (χ3n) is 3.21. The minimum atomic E-state index is -0.958. The maximum absolute atomic E-state index is 11.6. The van der Waals surface area contributed by atoms with E-state index in [1.165, 1.54) is 0 Å². The van der Waals surface area contributed by atoms with Gasteiger partial charge in [-0.15, -0.1) is 0 Å². The van der Waals surface area contributed by atoms with Gasteiger partial charge in [-0.1, -0.05) is 23.2 Å². The highest BCUT2D eigenvalue weighted by Crippen LogP contribution is 2.27. The van der Waals surface area contributed by atoms with Gasteiger partial charge in [-0.25, -0.2) is 0 Å². The fourth-order valence-electron chi connectivity index (χ4n) is 2.20. The van der Waals surface area contributed by atoms with Gasteiger partial charge in [-0.2, -0.15) is 0 Å². The lowest BCUT2D eigenvalue weighted by molar-refractivity contribution is -0.143. The first-order chi connectivity index (χ1) is 10.5. The van der Waals surface area contributed by atoms with E-state index in [0.717, 1.165) is 5.69 Å². The Bertz CT molecular complexity index is 632. The molecule has 0 aliphatic rings. The molecule has 1 N–H and O–H groups in total. The Morgan fingerprint density at radius 1 is 1.27 bits per heavy atom. The zero-order valence-corrected chi connectivity index (χ0v) is 13.4. The van der Waals surface area contributed by atoms with E-state index >= 15 is 0 Å². The average Bonchev–Trinajstić information content (AvgIpc) is 2.45. The van der Waals surface area contributed by atoms with Crippen molar-refractivity contribution >= 4 is 29.2 Å². The molecule has 1 atom stereocenters. The SMILES string of the molecule is CN(CCc1cnccn1)C(C(=O)O)c1cc(Cl)cc(Cl)c1. The molecule has 7 heteroatoms. The van der Waals surface area contributed by atoms with Gasteiger partial charge in [0.1, 0.15) is 6.04 Å². The molecule has 2 rings (SSSR count). The second-order valence-electron chi connectivity index (χ2n) is 4.87. The summed E-state index contributed by atoms with van der Waals surface area (Å²) >= 11 is 11.9. The summed E-state index contributed by atoms with van der Waals surface area (Å²) in [5.74, 6) is -0.958. The van der Waals surface area contributed by atoms with Gasteiger partial charge < -0.3 is 5.11 Å². The van der Waals surface area contributed by atoms with Crippen LogP contribution in [0, 0.1) is 0 Å². The van der Waals surface area contributed by atoms with E-state index < -0.39 is 12.0 Å². The van der Waals surface area contributed by atoms with E-state index in [1.54, 1.807) is 48.7 Å². The number of likely N-dealkylation sites (N-methyl/N-ethyl adjacent to an activating group) is 1. The maximum atomic E-state index is 11.6. The number of carbonyl (C=O) groups is 1. The lowest BCUT2D eigenvalue weighted by Crippen LogP contribution is -2.32. The molecule has 0 amide bonds. The molecule has 1 unspecified atom stereocenters. The Morgan fingerprint density at radius 3 is 2.50 bits per heavy atom. The number of carboxylic acids is 1. The monoisotopic (exact) mass is 339 g/mol. The van der Waals surface area contributed by atoms with E-state index in [4.69, 9.17) is 23.2 Å². The highest BCUT2D eigenvalue weighted by atomic mass is 35.5. The van der Waals surface area contributed by atoms with Crippen molar-refractivity contribution < 1.29 is 9.90 Å². The van der Waals surface area contributed by atoms with Crippen molar-refractivity contribution in [2.24, 2.45) is 0 Å². The van der Waals surface area contributed by atoms with Crippen LogP contribution < -0.4 is 0 Å². The number of carboxylic acid groups (broad SMARTS) is 1. The molecule has 0 spiro atoms. The van der Waals surface area contributed by atoms with Crippen LogP contribution in [-0.4, -0.2) is 39.5 Å². The van der Waals surface area contributed by atoms with E-state index in [9.17, 15) is 9.90 Å². The van der Waals surface area contributed by atoms with Gasteiger partial charge in [-0.05, 0) is 30.8 Å². The zero-order chi connectivity index (χ0) is 16.1. The molecule has 0 aliphatic heterocycles. The predicted molar refractivity (Wildman–Crippen MR) is 85.2 cm³/mol. The normalized spacial score (nSPS) is 12.4. The molecule has 1 heterocycles. The molecule has 1 aromatic carbocycles. The highest BCUT2D eigenvalue weighted by molar-refractivity contribution is 6.34. The molecule has 0 bridgehead atoms. The lowest BCUT2D eigenvalue weighted by Gasteiger charge is -2.25. The van der Waals surface area contributed by atoms with Gasteiger partial charge in [0.2, 0.25) is 0 Å². The molecule has 2 aromatic rings. The van der Waals surface area contributed by atoms with Crippen molar-refractivity contribution in [3.63, 3.8) is 0 Å². The molecular weight excluding hydrogens is 325 g/mol. The van der Waals surface area contributed by atoms with Crippen molar-refractivity contribution in [1.29, 1.82) is 0 Å². The van der Waals surface area contributed by atoms with Crippen molar-refractivity contribution in [3.8, 4) is 0 Å². The number of hydrogen-bond acceptors (Lipinski definition) is 4. The minimum absolute atomic E-state index is 0.413. The molecule has 1 aromatic heterocycles. The van der Waals surface area contributed by atoms with Gasteiger partial charge in [0, 0.05) is 41.6 Å². The van der Waals surface area contributed by atoms with E-state index in [-0.39, 0.29) is 0 Å². The Morgan fingerprint density at radius 2 is 1.95 bits per heavy atom. The number of benzene rings is 1. The standard InChI is InChI=1S/C15H15Cl2N3O2/c1-20(5-2-13-9-18-3-4-19-13)14(15(21)22)10-6-11(16)8-12(17)7-10/h3-4,6-9,14H,2,5H2,1H3,(H,21,22). The summed E-state index contributed by atoms with van der Waals surface area (Å²) in [6, 6.07) is 3.98. The molecule has 0 saturated carbocycles. The van der Waals surface area contributed by atoms with Gasteiger partial charge in [0.25, 0.3) is 0 Å². The Balaban J connectivity index is 2.15. The van der Waals surface area contributed by atoms with Gasteiger partial charge in [-0.3, -0.25) is 19.7 Å². The third kappa shape index (κ3) is 4.40. The topological polar surface area (TPSA) is 66.3 Å². The van der Waals surface area contributed by atoms with Crippen LogP contribution in [0.2, 0.25) is 10.0 Å². The minimum Gasteiger partial charge on any atom is -0.480 e. The first-order valence-electron chi connectivity index (χ1n) is 6.61. The summed E-state index contributed by atoms with van der Waals surface area (Å²) in [6.07, 6.45) is 5.48. The average molecular weight is 340 g/mol. The van der Waals surface area contributed by atoms with Crippen molar-refractivity contribution in [1.82, 2.24) is 14.9 Å². The van der Waals surface area contributed by atoms with Crippen LogP contribution in [0.1, 0.15) is 17.3 Å². The number of hydrogen-bond donors (Lipinski definition) is 1. The smallest absolute Gasteiger partial charge is 0.325 e. The Kier molecular flexibility index (Phi) is 5.71. The van der Waals surface area contributed by atoms with Crippen LogP contribution in [0.3, 0.4) is 0 Å². The summed E-state index contributed by atoms with van der Waals surface area (Å²) in [5.41, 5.74) is 1.36. The largest absolute Gasteiger partial charge is 0.480 e. The molecule has 116 valence electrons. The molecule has 0 fully saturated rings. The summed E-state index contributed by atoms with van der Waals surface area (Å²) in [7, 11) is 1.74. The second kappa shape index (κ2) is 7.54. The van der Waals surface area contributed by atoms with Crippen molar-refractivity contribution in [2.45, 2.75) is 12.5 Å². The van der Waals surface area contributed by atoms with Gasteiger partial charge >= 0.3 is 5.97 Å². The Labute approximate surface area is 138 Å². The van der Waals surface area contributed by atoms with Crippen LogP contribution in [0.4, 0.5) is 0 Å². The number of rotatable bonds is 6. The molecule has 0 aliphatic carbocycles. The van der Waals surface area contributed by atoms with Crippen molar-refractivity contribution in [2.75, 3.05) is 13.6 Å². The summed E-state index contributed by atoms with van der Waals surface area (Å²) in [4.78, 5) is 21.5. The van der Waals surface area contributed by atoms with E-state index in [2.05, 4.69) is 9.97 Å². The molecular formula is C15H15Cl2N3O2. The van der Waals surface area contributed by atoms with E-state index in [1.807, 2.05) is 0 Å². The zero-order valence-electron chi connectivity index (χ0n) is 11.9. The second-order valence-corrected chi connectivity index (χ2v) is 5.74. The molecule has 0 radical (unpaired) electrons. The van der Waals surface area contributed by atoms with Crippen LogP contribution >= 0.6 is 23.2 Å². The fraction of sp³-hybridized carbons (Fsp3) is 0.267. The number of nitrogens with zero attached hydrogens (tertiary/aromatic N) is 3. The molecule has 5 nitrogen and oxygen atoms in total. The van der Waals surface area contributed by atoms with Crippen LogP contribution in [0.15, 0.2) is 36.8 Å². The number of aromatic nitrogens is 2. The summed E-state index contributed by atoms with van der Waals surface area (Å²) in [5, 5.41) is 10.3. The first-order valence-corrected chi connectivity index (χ1v) is 7.37. The van der Waals surface area contributed by atoms with Crippen LogP contribution in [-0.2, 0) is 11.2 Å².